The number of fused-ring (bicyclic) bond motifs is 1. The van der Waals surface area contributed by atoms with Crippen LogP contribution >= 0.6 is 11.3 Å². The van der Waals surface area contributed by atoms with Crippen LogP contribution in [0.15, 0.2) is 28.4 Å². The summed E-state index contributed by atoms with van der Waals surface area (Å²) in [6, 6.07) is 6.89. The third kappa shape index (κ3) is 3.13. The maximum Gasteiger partial charge on any atom is 0.211 e. The predicted octanol–water partition coefficient (Wildman–Crippen LogP) is 4.97. The number of benzene rings is 1. The quantitative estimate of drug-likeness (QED) is 0.777. The molecule has 0 amide bonds. The summed E-state index contributed by atoms with van der Waals surface area (Å²) >= 11 is 1.67. The van der Waals surface area contributed by atoms with E-state index in [0.717, 1.165) is 34.2 Å². The molecule has 0 N–H and O–H groups in total. The summed E-state index contributed by atoms with van der Waals surface area (Å²) < 4.78 is 1.07. The van der Waals surface area contributed by atoms with E-state index in [1.165, 1.54) is 0 Å². The van der Waals surface area contributed by atoms with E-state index in [0.29, 0.717) is 12.1 Å². The first-order valence-corrected chi connectivity index (χ1v) is 8.68. The molecule has 2 rings (SSSR count). The van der Waals surface area contributed by atoms with Crippen LogP contribution in [-0.2, 0) is 0 Å². The summed E-state index contributed by atoms with van der Waals surface area (Å²) in [5.74, 6) is 0. The molecule has 0 unspecified atom stereocenters. The van der Waals surface area contributed by atoms with Gasteiger partial charge in [0.2, 0.25) is 5.43 Å². The van der Waals surface area contributed by atoms with Crippen molar-refractivity contribution in [2.75, 3.05) is 4.90 Å². The molecule has 0 aliphatic carbocycles. The molecule has 3 heteroatoms. The molecule has 2 aromatic rings. The van der Waals surface area contributed by atoms with E-state index >= 15 is 0 Å². The number of hydrogen-bond donors (Lipinski definition) is 0. The monoisotopic (exact) mass is 303 g/mol. The fourth-order valence-corrected chi connectivity index (χ4v) is 3.61. The van der Waals surface area contributed by atoms with Gasteiger partial charge < -0.3 is 4.90 Å². The Bertz CT molecular complexity index is 666. The minimum absolute atomic E-state index is 0.174. The molecule has 2 nitrogen and oxygen atoms in total. The molecular weight excluding hydrogens is 278 g/mol. The lowest BCUT2D eigenvalue weighted by Crippen LogP contribution is -2.42. The molecule has 1 aromatic heterocycles. The molecule has 0 bridgehead atoms. The Morgan fingerprint density at radius 3 is 2.33 bits per heavy atom. The number of aryl methyl sites for hydroxylation is 1. The highest BCUT2D eigenvalue weighted by Crippen LogP contribution is 2.26. The molecule has 1 heterocycles. The van der Waals surface area contributed by atoms with Crippen LogP contribution in [0.1, 0.15) is 46.1 Å². The van der Waals surface area contributed by atoms with E-state index in [2.05, 4.69) is 44.7 Å². The summed E-state index contributed by atoms with van der Waals surface area (Å²) in [4.78, 5) is 15.2. The maximum absolute atomic E-state index is 12.9. The zero-order chi connectivity index (χ0) is 15.6. The van der Waals surface area contributed by atoms with Crippen molar-refractivity contribution in [3.05, 3.63) is 39.4 Å². The minimum Gasteiger partial charge on any atom is -0.362 e. The van der Waals surface area contributed by atoms with Gasteiger partial charge in [0.1, 0.15) is 0 Å². The molecule has 0 aliphatic rings. The van der Waals surface area contributed by atoms with Gasteiger partial charge in [0.15, 0.2) is 0 Å². The van der Waals surface area contributed by atoms with E-state index in [1.807, 2.05) is 18.4 Å². The Morgan fingerprint density at radius 2 is 1.76 bits per heavy atom. The Labute approximate surface area is 131 Å². The van der Waals surface area contributed by atoms with Gasteiger partial charge in [-0.25, -0.2) is 0 Å². The highest BCUT2D eigenvalue weighted by molar-refractivity contribution is 7.16. The van der Waals surface area contributed by atoms with Crippen molar-refractivity contribution in [2.24, 2.45) is 0 Å². The van der Waals surface area contributed by atoms with Gasteiger partial charge in [-0.1, -0.05) is 25.5 Å². The molecule has 1 aromatic carbocycles. The van der Waals surface area contributed by atoms with Gasteiger partial charge in [0.25, 0.3) is 0 Å². The van der Waals surface area contributed by atoms with Gasteiger partial charge in [-0.2, -0.15) is 0 Å². The number of rotatable bonds is 5. The third-order valence-corrected chi connectivity index (χ3v) is 5.27. The lowest BCUT2D eigenvalue weighted by atomic mass is 10.1. The lowest BCUT2D eigenvalue weighted by molar-refractivity contribution is 0.527. The Morgan fingerprint density at radius 1 is 1.14 bits per heavy atom. The van der Waals surface area contributed by atoms with Gasteiger partial charge in [0, 0.05) is 27.5 Å². The fourth-order valence-electron chi connectivity index (χ4n) is 2.72. The van der Waals surface area contributed by atoms with Crippen molar-refractivity contribution < 1.29 is 0 Å². The van der Waals surface area contributed by atoms with Crippen LogP contribution in [0.4, 0.5) is 5.69 Å². The molecule has 2 atom stereocenters. The topological polar surface area (TPSA) is 20.3 Å². The normalized spacial score (nSPS) is 14.1. The molecular formula is C18H25NOS. The van der Waals surface area contributed by atoms with Crippen LogP contribution in [0.5, 0.6) is 0 Å². The number of nitrogens with zero attached hydrogens (tertiary/aromatic N) is 1. The van der Waals surface area contributed by atoms with Crippen molar-refractivity contribution in [3.8, 4) is 0 Å². The molecule has 0 spiro atoms. The lowest BCUT2D eigenvalue weighted by Gasteiger charge is -2.35. The van der Waals surface area contributed by atoms with Crippen molar-refractivity contribution in [2.45, 2.75) is 59.5 Å². The number of anilines is 1. The summed E-state index contributed by atoms with van der Waals surface area (Å²) in [7, 11) is 0. The van der Waals surface area contributed by atoms with E-state index in [4.69, 9.17) is 0 Å². The van der Waals surface area contributed by atoms with Crippen LogP contribution in [0, 0.1) is 6.92 Å². The SMILES string of the molecule is CC[C@H](C)N(c1csc2ccc(C)cc2c1=O)[C@@H](C)CC. The molecule has 0 saturated heterocycles. The van der Waals surface area contributed by atoms with Crippen LogP contribution in [0.25, 0.3) is 10.1 Å². The first kappa shape index (κ1) is 16.0. The zero-order valence-corrected chi connectivity index (χ0v) is 14.5. The number of hydrogen-bond acceptors (Lipinski definition) is 3. The average Bonchev–Trinajstić information content (AvgIpc) is 2.49. The van der Waals surface area contributed by atoms with Gasteiger partial charge in [-0.05, 0) is 45.7 Å². The summed E-state index contributed by atoms with van der Waals surface area (Å²) in [5.41, 5.74) is 2.18. The smallest absolute Gasteiger partial charge is 0.211 e. The predicted molar refractivity (Wildman–Crippen MR) is 94.8 cm³/mol. The van der Waals surface area contributed by atoms with Crippen molar-refractivity contribution in [1.29, 1.82) is 0 Å². The molecule has 0 aliphatic heterocycles. The molecule has 0 fully saturated rings. The van der Waals surface area contributed by atoms with Crippen LogP contribution in [0.3, 0.4) is 0 Å². The average molecular weight is 303 g/mol. The zero-order valence-electron chi connectivity index (χ0n) is 13.6. The first-order chi connectivity index (χ1) is 9.99. The summed E-state index contributed by atoms with van der Waals surface area (Å²) in [6.45, 7) is 10.8. The largest absolute Gasteiger partial charge is 0.362 e. The minimum atomic E-state index is 0.174. The van der Waals surface area contributed by atoms with Crippen molar-refractivity contribution in [3.63, 3.8) is 0 Å². The summed E-state index contributed by atoms with van der Waals surface area (Å²) in [5, 5.41) is 2.90. The van der Waals surface area contributed by atoms with E-state index in [9.17, 15) is 4.79 Å². The molecule has 0 radical (unpaired) electrons. The summed E-state index contributed by atoms with van der Waals surface area (Å²) in [6.07, 6.45) is 2.08. The Kier molecular flexibility index (Phi) is 5.04. The van der Waals surface area contributed by atoms with Gasteiger partial charge >= 0.3 is 0 Å². The molecule has 114 valence electrons. The van der Waals surface area contributed by atoms with Gasteiger partial charge in [0.05, 0.1) is 5.69 Å². The second-order valence-electron chi connectivity index (χ2n) is 5.87. The van der Waals surface area contributed by atoms with Crippen LogP contribution in [-0.4, -0.2) is 12.1 Å². The maximum atomic E-state index is 12.9. The highest BCUT2D eigenvalue weighted by atomic mass is 32.1. The van der Waals surface area contributed by atoms with Gasteiger partial charge in [-0.3, -0.25) is 4.79 Å². The van der Waals surface area contributed by atoms with E-state index in [-0.39, 0.29) is 5.43 Å². The fraction of sp³-hybridized carbons (Fsp3) is 0.500. The van der Waals surface area contributed by atoms with Crippen molar-refractivity contribution >= 4 is 27.1 Å². The van der Waals surface area contributed by atoms with E-state index < -0.39 is 0 Å². The van der Waals surface area contributed by atoms with Crippen LogP contribution < -0.4 is 10.3 Å². The van der Waals surface area contributed by atoms with Crippen LogP contribution in [0.2, 0.25) is 0 Å². The second kappa shape index (κ2) is 6.61. The highest BCUT2D eigenvalue weighted by Gasteiger charge is 2.21. The van der Waals surface area contributed by atoms with Crippen molar-refractivity contribution in [1.82, 2.24) is 0 Å². The molecule has 0 saturated carbocycles. The standard InChI is InChI=1S/C18H25NOS/c1-6-13(4)19(14(5)7-2)16-11-21-17-9-8-12(3)10-15(17)18(16)20/h8-11,13-14H,6-7H2,1-5H3/t13-,14-/m0/s1. The van der Waals surface area contributed by atoms with Gasteiger partial charge in [-0.15, -0.1) is 11.3 Å². The first-order valence-electron chi connectivity index (χ1n) is 7.80. The molecule has 21 heavy (non-hydrogen) atoms. The third-order valence-electron chi connectivity index (χ3n) is 4.32. The second-order valence-corrected chi connectivity index (χ2v) is 6.78. The Balaban J connectivity index is 2.63. The Hall–Kier alpha value is -1.35. The van der Waals surface area contributed by atoms with E-state index in [1.54, 1.807) is 11.3 Å².